The Labute approximate surface area is 119 Å². The molecule has 0 saturated heterocycles. The van der Waals surface area contributed by atoms with Crippen molar-refractivity contribution in [2.75, 3.05) is 0 Å². The van der Waals surface area contributed by atoms with E-state index in [9.17, 15) is 9.90 Å². The zero-order valence-corrected chi connectivity index (χ0v) is 12.0. The lowest BCUT2D eigenvalue weighted by molar-refractivity contribution is -0.138. The highest BCUT2D eigenvalue weighted by molar-refractivity contribution is 9.10. The fourth-order valence-corrected chi connectivity index (χ4v) is 2.18. The molecule has 4 nitrogen and oxygen atoms in total. The summed E-state index contributed by atoms with van der Waals surface area (Å²) < 4.78 is 0.971. The Hall–Kier alpha value is -1.75. The molecule has 0 saturated carbocycles. The summed E-state index contributed by atoms with van der Waals surface area (Å²) in [7, 11) is 0. The number of hydrogen-bond donors (Lipinski definition) is 1. The average Bonchev–Trinajstić information content (AvgIpc) is 2.39. The predicted molar refractivity (Wildman–Crippen MR) is 75.0 cm³/mol. The average molecular weight is 321 g/mol. The van der Waals surface area contributed by atoms with Crippen LogP contribution in [0.3, 0.4) is 0 Å². The molecule has 2 rings (SSSR count). The maximum absolute atomic E-state index is 11.4. The van der Waals surface area contributed by atoms with E-state index < -0.39 is 11.9 Å². The van der Waals surface area contributed by atoms with Crippen LogP contribution in [0.2, 0.25) is 0 Å². The largest absolute Gasteiger partial charge is 0.481 e. The molecule has 0 aliphatic carbocycles. The van der Waals surface area contributed by atoms with Gasteiger partial charge in [-0.15, -0.1) is 0 Å². The number of carboxylic acid groups (broad SMARTS) is 1. The van der Waals surface area contributed by atoms with Gasteiger partial charge in [0.1, 0.15) is 5.92 Å². The zero-order valence-electron chi connectivity index (χ0n) is 10.4. The third-order valence-electron chi connectivity index (χ3n) is 2.90. The van der Waals surface area contributed by atoms with Crippen molar-refractivity contribution in [3.8, 4) is 0 Å². The number of carbonyl (C=O) groups is 1. The van der Waals surface area contributed by atoms with E-state index in [0.29, 0.717) is 17.8 Å². The van der Waals surface area contributed by atoms with Gasteiger partial charge in [-0.25, -0.2) is 0 Å². The Bertz CT molecular complexity index is 584. The Morgan fingerprint density at radius 3 is 2.47 bits per heavy atom. The third-order valence-corrected chi connectivity index (χ3v) is 3.43. The van der Waals surface area contributed by atoms with Crippen LogP contribution in [-0.2, 0) is 11.2 Å². The lowest BCUT2D eigenvalue weighted by Gasteiger charge is -2.13. The number of aryl methyl sites for hydroxylation is 1. The number of halogens is 1. The normalized spacial score (nSPS) is 12.1. The quantitative estimate of drug-likeness (QED) is 0.940. The molecule has 0 spiro atoms. The minimum atomic E-state index is -0.883. The molecule has 1 aromatic carbocycles. The van der Waals surface area contributed by atoms with Crippen molar-refractivity contribution in [2.24, 2.45) is 0 Å². The minimum Gasteiger partial charge on any atom is -0.481 e. The van der Waals surface area contributed by atoms with Crippen LogP contribution >= 0.6 is 15.9 Å². The zero-order chi connectivity index (χ0) is 13.8. The van der Waals surface area contributed by atoms with Crippen LogP contribution in [0.5, 0.6) is 0 Å². The van der Waals surface area contributed by atoms with Gasteiger partial charge in [-0.1, -0.05) is 28.1 Å². The number of aliphatic carboxylic acids is 1. The standard InChI is InChI=1S/C14H13BrN2O2/c1-9-13(17-7-6-16-9)12(14(18)19)8-10-2-4-11(15)5-3-10/h2-7,12H,8H2,1H3,(H,18,19). The molecule has 19 heavy (non-hydrogen) atoms. The molecule has 2 aromatic rings. The summed E-state index contributed by atoms with van der Waals surface area (Å²) in [6.45, 7) is 1.78. The first kappa shape index (κ1) is 13.7. The van der Waals surface area contributed by atoms with Crippen molar-refractivity contribution in [1.82, 2.24) is 9.97 Å². The van der Waals surface area contributed by atoms with E-state index in [1.54, 1.807) is 13.1 Å². The molecule has 0 aliphatic heterocycles. The summed E-state index contributed by atoms with van der Waals surface area (Å²) in [6, 6.07) is 7.62. The second-order valence-electron chi connectivity index (χ2n) is 4.25. The van der Waals surface area contributed by atoms with Crippen molar-refractivity contribution < 1.29 is 9.90 Å². The van der Waals surface area contributed by atoms with Gasteiger partial charge in [-0.3, -0.25) is 14.8 Å². The molecule has 1 heterocycles. The second kappa shape index (κ2) is 5.93. The van der Waals surface area contributed by atoms with Crippen LogP contribution in [0.1, 0.15) is 22.9 Å². The molecule has 0 amide bonds. The van der Waals surface area contributed by atoms with Crippen LogP contribution < -0.4 is 0 Å². The first-order chi connectivity index (χ1) is 9.08. The fraction of sp³-hybridized carbons (Fsp3) is 0.214. The van der Waals surface area contributed by atoms with E-state index in [2.05, 4.69) is 25.9 Å². The maximum Gasteiger partial charge on any atom is 0.313 e. The van der Waals surface area contributed by atoms with Gasteiger partial charge in [0.25, 0.3) is 0 Å². The van der Waals surface area contributed by atoms with Gasteiger partial charge in [-0.2, -0.15) is 0 Å². The van der Waals surface area contributed by atoms with Crippen LogP contribution in [0, 0.1) is 6.92 Å². The van der Waals surface area contributed by atoms with E-state index in [0.717, 1.165) is 10.0 Å². The lowest BCUT2D eigenvalue weighted by Crippen LogP contribution is -2.17. The van der Waals surface area contributed by atoms with Crippen LogP contribution in [0.25, 0.3) is 0 Å². The molecule has 1 N–H and O–H groups in total. The number of benzene rings is 1. The van der Waals surface area contributed by atoms with E-state index in [1.165, 1.54) is 6.20 Å². The lowest BCUT2D eigenvalue weighted by atomic mass is 9.95. The number of aromatic nitrogens is 2. The van der Waals surface area contributed by atoms with Gasteiger partial charge in [0.05, 0.1) is 11.4 Å². The highest BCUT2D eigenvalue weighted by Crippen LogP contribution is 2.22. The highest BCUT2D eigenvalue weighted by atomic mass is 79.9. The molecule has 1 unspecified atom stereocenters. The van der Waals surface area contributed by atoms with Crippen LogP contribution in [0.4, 0.5) is 0 Å². The summed E-state index contributed by atoms with van der Waals surface area (Å²) >= 11 is 3.36. The molecule has 0 bridgehead atoms. The van der Waals surface area contributed by atoms with E-state index in [4.69, 9.17) is 0 Å². The molecular formula is C14H13BrN2O2. The number of hydrogen-bond acceptors (Lipinski definition) is 3. The van der Waals surface area contributed by atoms with E-state index in [-0.39, 0.29) is 0 Å². The van der Waals surface area contributed by atoms with Crippen molar-refractivity contribution in [2.45, 2.75) is 19.3 Å². The van der Waals surface area contributed by atoms with Crippen LogP contribution in [0.15, 0.2) is 41.1 Å². The van der Waals surface area contributed by atoms with Gasteiger partial charge in [-0.05, 0) is 31.0 Å². The fourth-order valence-electron chi connectivity index (χ4n) is 1.92. The van der Waals surface area contributed by atoms with Gasteiger partial charge >= 0.3 is 5.97 Å². The van der Waals surface area contributed by atoms with E-state index >= 15 is 0 Å². The van der Waals surface area contributed by atoms with Crippen molar-refractivity contribution in [3.63, 3.8) is 0 Å². The SMILES string of the molecule is Cc1nccnc1C(Cc1ccc(Br)cc1)C(=O)O. The first-order valence-electron chi connectivity index (χ1n) is 5.82. The number of carboxylic acids is 1. The number of nitrogens with zero attached hydrogens (tertiary/aromatic N) is 2. The van der Waals surface area contributed by atoms with Crippen molar-refractivity contribution in [1.29, 1.82) is 0 Å². The maximum atomic E-state index is 11.4. The molecule has 0 radical (unpaired) electrons. The number of rotatable bonds is 4. The summed E-state index contributed by atoms with van der Waals surface area (Å²) in [5.74, 6) is -1.55. The summed E-state index contributed by atoms with van der Waals surface area (Å²) in [5.41, 5.74) is 2.14. The Kier molecular flexibility index (Phi) is 4.27. The predicted octanol–water partition coefficient (Wildman–Crippen LogP) is 2.96. The van der Waals surface area contributed by atoms with Crippen LogP contribution in [-0.4, -0.2) is 21.0 Å². The Morgan fingerprint density at radius 1 is 1.26 bits per heavy atom. The van der Waals surface area contributed by atoms with Gasteiger partial charge in [0, 0.05) is 16.9 Å². The first-order valence-corrected chi connectivity index (χ1v) is 6.62. The van der Waals surface area contributed by atoms with Gasteiger partial charge in [0.2, 0.25) is 0 Å². The Balaban J connectivity index is 2.29. The monoisotopic (exact) mass is 320 g/mol. The van der Waals surface area contributed by atoms with Gasteiger partial charge in [0.15, 0.2) is 0 Å². The smallest absolute Gasteiger partial charge is 0.313 e. The molecule has 0 fully saturated rings. The Morgan fingerprint density at radius 2 is 1.89 bits per heavy atom. The minimum absolute atomic E-state index is 0.405. The van der Waals surface area contributed by atoms with E-state index in [1.807, 2.05) is 24.3 Å². The molecule has 1 atom stereocenters. The molecule has 1 aromatic heterocycles. The highest BCUT2D eigenvalue weighted by Gasteiger charge is 2.23. The molecule has 5 heteroatoms. The third kappa shape index (κ3) is 3.38. The van der Waals surface area contributed by atoms with Gasteiger partial charge < -0.3 is 5.11 Å². The molecule has 0 aliphatic rings. The summed E-state index contributed by atoms with van der Waals surface area (Å²) in [6.07, 6.45) is 3.50. The van der Waals surface area contributed by atoms with Crippen molar-refractivity contribution in [3.05, 3.63) is 58.1 Å². The summed E-state index contributed by atoms with van der Waals surface area (Å²) in [4.78, 5) is 19.7. The topological polar surface area (TPSA) is 63.1 Å². The molecular weight excluding hydrogens is 308 g/mol. The summed E-state index contributed by atoms with van der Waals surface area (Å²) in [5, 5.41) is 9.39. The van der Waals surface area contributed by atoms with Crippen molar-refractivity contribution >= 4 is 21.9 Å². The second-order valence-corrected chi connectivity index (χ2v) is 5.16. The molecule has 98 valence electrons.